The lowest BCUT2D eigenvalue weighted by atomic mass is 9.58. The number of amides is 1. The van der Waals surface area contributed by atoms with E-state index < -0.39 is 0 Å². The van der Waals surface area contributed by atoms with E-state index in [4.69, 9.17) is 4.74 Å². The Bertz CT molecular complexity index is 402. The molecule has 2 aliphatic rings. The molecular formula is C15H25NO3. The average Bonchev–Trinajstić information content (AvgIpc) is 2.34. The number of rotatable bonds is 1. The minimum atomic E-state index is -0.291. The molecule has 19 heavy (non-hydrogen) atoms. The Kier molecular flexibility index (Phi) is 3.65. The molecule has 1 heterocycles. The molecule has 4 nitrogen and oxygen atoms in total. The fourth-order valence-corrected chi connectivity index (χ4v) is 3.62. The molecule has 1 fully saturated rings. The maximum absolute atomic E-state index is 11.9. The van der Waals surface area contributed by atoms with Crippen LogP contribution >= 0.6 is 0 Å². The summed E-state index contributed by atoms with van der Waals surface area (Å²) in [5, 5.41) is 10.2. The number of nitrogens with zero attached hydrogens (tertiary/aromatic N) is 1. The Hall–Kier alpha value is -1.03. The van der Waals surface area contributed by atoms with Gasteiger partial charge in [-0.25, -0.2) is 4.79 Å². The van der Waals surface area contributed by atoms with Crippen LogP contribution in [0, 0.1) is 10.8 Å². The Balaban J connectivity index is 2.24. The second-order valence-corrected chi connectivity index (χ2v) is 6.53. The lowest BCUT2D eigenvalue weighted by Gasteiger charge is -2.52. The summed E-state index contributed by atoms with van der Waals surface area (Å²) >= 11 is 0. The van der Waals surface area contributed by atoms with Gasteiger partial charge in [-0.05, 0) is 19.8 Å². The second kappa shape index (κ2) is 4.82. The molecule has 0 radical (unpaired) electrons. The molecule has 0 aromatic rings. The molecule has 0 aromatic heterocycles. The predicted octanol–water partition coefficient (Wildman–Crippen LogP) is 2.57. The van der Waals surface area contributed by atoms with Gasteiger partial charge in [-0.1, -0.05) is 32.4 Å². The highest BCUT2D eigenvalue weighted by Gasteiger charge is 2.49. The first-order chi connectivity index (χ1) is 8.81. The number of aliphatic hydroxyl groups is 1. The molecule has 108 valence electrons. The van der Waals surface area contributed by atoms with Crippen LogP contribution in [0.2, 0.25) is 0 Å². The molecule has 1 N–H and O–H groups in total. The molecule has 0 bridgehead atoms. The van der Waals surface area contributed by atoms with Crippen LogP contribution in [0.15, 0.2) is 11.6 Å². The van der Waals surface area contributed by atoms with Crippen molar-refractivity contribution in [3.8, 4) is 0 Å². The first-order valence-electron chi connectivity index (χ1n) is 7.12. The van der Waals surface area contributed by atoms with Gasteiger partial charge in [0.05, 0.1) is 12.7 Å². The summed E-state index contributed by atoms with van der Waals surface area (Å²) in [6.07, 6.45) is 3.29. The Labute approximate surface area is 115 Å². The van der Waals surface area contributed by atoms with Crippen LogP contribution in [0.1, 0.15) is 40.5 Å². The van der Waals surface area contributed by atoms with Crippen molar-refractivity contribution in [3.63, 3.8) is 0 Å². The largest absolute Gasteiger partial charge is 0.450 e. The normalized spacial score (nSPS) is 33.4. The topological polar surface area (TPSA) is 49.8 Å². The molecular weight excluding hydrogens is 242 g/mol. The highest BCUT2D eigenvalue weighted by Crippen LogP contribution is 2.52. The summed E-state index contributed by atoms with van der Waals surface area (Å²) in [4.78, 5) is 13.6. The number of aliphatic hydroxyl groups excluding tert-OH is 1. The summed E-state index contributed by atoms with van der Waals surface area (Å²) in [6.45, 7) is 9.89. The predicted molar refractivity (Wildman–Crippen MR) is 73.8 cm³/mol. The molecule has 0 saturated heterocycles. The van der Waals surface area contributed by atoms with Gasteiger partial charge >= 0.3 is 6.09 Å². The fraction of sp³-hybridized carbons (Fsp3) is 0.800. The number of ether oxygens (including phenoxy) is 1. The summed E-state index contributed by atoms with van der Waals surface area (Å²) < 4.78 is 5.09. The fourth-order valence-electron chi connectivity index (χ4n) is 3.62. The molecule has 0 aromatic carbocycles. The molecule has 1 aliphatic carbocycles. The van der Waals surface area contributed by atoms with Crippen molar-refractivity contribution >= 4 is 6.09 Å². The van der Waals surface area contributed by atoms with Crippen LogP contribution in [-0.2, 0) is 4.74 Å². The standard InChI is InChI=1S/C15H25NO3/c1-5-19-13(18)16-9-7-11-14(2,3)12(17)6-8-15(11,4)10-16/h7,12,17H,5-6,8-10H2,1-4H3/t12-,15+/m0/s1. The van der Waals surface area contributed by atoms with Gasteiger partial charge < -0.3 is 14.7 Å². The summed E-state index contributed by atoms with van der Waals surface area (Å²) in [5.41, 5.74) is 1.06. The van der Waals surface area contributed by atoms with Crippen molar-refractivity contribution in [2.24, 2.45) is 10.8 Å². The van der Waals surface area contributed by atoms with E-state index >= 15 is 0 Å². The zero-order valence-electron chi connectivity index (χ0n) is 12.4. The average molecular weight is 267 g/mol. The van der Waals surface area contributed by atoms with Crippen LogP contribution in [0.5, 0.6) is 0 Å². The Morgan fingerprint density at radius 1 is 1.53 bits per heavy atom. The molecule has 2 atom stereocenters. The molecule has 1 amide bonds. The summed E-state index contributed by atoms with van der Waals surface area (Å²) in [7, 11) is 0. The van der Waals surface area contributed by atoms with Crippen molar-refractivity contribution in [1.29, 1.82) is 0 Å². The number of fused-ring (bicyclic) bond motifs is 1. The summed E-state index contributed by atoms with van der Waals surface area (Å²) in [6, 6.07) is 0. The third-order valence-electron chi connectivity index (χ3n) is 4.73. The van der Waals surface area contributed by atoms with Crippen molar-refractivity contribution in [2.75, 3.05) is 19.7 Å². The zero-order valence-corrected chi connectivity index (χ0v) is 12.4. The van der Waals surface area contributed by atoms with Crippen molar-refractivity contribution in [2.45, 2.75) is 46.6 Å². The van der Waals surface area contributed by atoms with Crippen LogP contribution in [0.4, 0.5) is 4.79 Å². The Morgan fingerprint density at radius 2 is 2.21 bits per heavy atom. The lowest BCUT2D eigenvalue weighted by Crippen LogP contribution is -2.52. The molecule has 2 rings (SSSR count). The smallest absolute Gasteiger partial charge is 0.410 e. The van der Waals surface area contributed by atoms with Gasteiger partial charge in [0.15, 0.2) is 0 Å². The number of carbonyl (C=O) groups excluding carboxylic acids is 1. The van der Waals surface area contributed by atoms with Crippen LogP contribution in [-0.4, -0.2) is 41.9 Å². The number of hydrogen-bond acceptors (Lipinski definition) is 3. The zero-order chi connectivity index (χ0) is 14.3. The van der Waals surface area contributed by atoms with Gasteiger partial charge in [0.2, 0.25) is 0 Å². The first-order valence-corrected chi connectivity index (χ1v) is 7.12. The van der Waals surface area contributed by atoms with E-state index in [1.54, 1.807) is 4.90 Å². The van der Waals surface area contributed by atoms with E-state index in [2.05, 4.69) is 26.8 Å². The molecule has 0 unspecified atom stereocenters. The van der Waals surface area contributed by atoms with Crippen LogP contribution in [0.25, 0.3) is 0 Å². The van der Waals surface area contributed by atoms with Gasteiger partial charge in [0.1, 0.15) is 0 Å². The quantitative estimate of drug-likeness (QED) is 0.743. The van der Waals surface area contributed by atoms with Gasteiger partial charge in [0.25, 0.3) is 0 Å². The van der Waals surface area contributed by atoms with Crippen molar-refractivity contribution in [3.05, 3.63) is 11.6 Å². The van der Waals surface area contributed by atoms with E-state index in [1.165, 1.54) is 5.57 Å². The third kappa shape index (κ3) is 2.38. The van der Waals surface area contributed by atoms with Gasteiger partial charge in [0, 0.05) is 23.9 Å². The minimum Gasteiger partial charge on any atom is -0.450 e. The highest BCUT2D eigenvalue weighted by atomic mass is 16.6. The Morgan fingerprint density at radius 3 is 2.84 bits per heavy atom. The molecule has 1 aliphatic heterocycles. The molecule has 4 heteroatoms. The van der Waals surface area contributed by atoms with E-state index in [1.807, 2.05) is 6.92 Å². The first kappa shape index (κ1) is 14.4. The second-order valence-electron chi connectivity index (χ2n) is 6.53. The molecule has 0 spiro atoms. The SMILES string of the molecule is CCOC(=O)N1CC=C2C(C)(C)[C@@H](O)CC[C@]2(C)C1. The van der Waals surface area contributed by atoms with E-state index in [0.717, 1.165) is 12.8 Å². The monoisotopic (exact) mass is 267 g/mol. The van der Waals surface area contributed by atoms with Gasteiger partial charge in [-0.15, -0.1) is 0 Å². The van der Waals surface area contributed by atoms with Crippen LogP contribution < -0.4 is 0 Å². The van der Waals surface area contributed by atoms with E-state index in [0.29, 0.717) is 19.7 Å². The van der Waals surface area contributed by atoms with Crippen LogP contribution in [0.3, 0.4) is 0 Å². The lowest BCUT2D eigenvalue weighted by molar-refractivity contribution is -0.00197. The van der Waals surface area contributed by atoms with Gasteiger partial charge in [-0.3, -0.25) is 0 Å². The van der Waals surface area contributed by atoms with E-state index in [-0.39, 0.29) is 23.0 Å². The highest BCUT2D eigenvalue weighted by molar-refractivity contribution is 5.68. The maximum atomic E-state index is 11.9. The van der Waals surface area contributed by atoms with Crippen molar-refractivity contribution < 1.29 is 14.6 Å². The number of carbonyl (C=O) groups is 1. The number of hydrogen-bond donors (Lipinski definition) is 1. The van der Waals surface area contributed by atoms with Crippen molar-refractivity contribution in [1.82, 2.24) is 4.90 Å². The third-order valence-corrected chi connectivity index (χ3v) is 4.73. The van der Waals surface area contributed by atoms with E-state index in [9.17, 15) is 9.90 Å². The molecule has 1 saturated carbocycles. The van der Waals surface area contributed by atoms with Gasteiger partial charge in [-0.2, -0.15) is 0 Å². The maximum Gasteiger partial charge on any atom is 0.410 e. The summed E-state index contributed by atoms with van der Waals surface area (Å²) in [5.74, 6) is 0. The minimum absolute atomic E-state index is 0.0340.